The fourth-order valence-corrected chi connectivity index (χ4v) is 3.78. The monoisotopic (exact) mass is 393 g/mol. The lowest BCUT2D eigenvalue weighted by atomic mass is 9.88. The Morgan fingerprint density at radius 3 is 2.34 bits per heavy atom. The molecular formula is C24H27NO4. The molecular weight excluding hydrogens is 366 g/mol. The van der Waals surface area contributed by atoms with Crippen molar-refractivity contribution < 1.29 is 19.1 Å². The van der Waals surface area contributed by atoms with Crippen molar-refractivity contribution in [1.82, 2.24) is 4.90 Å². The zero-order valence-corrected chi connectivity index (χ0v) is 17.0. The maximum Gasteiger partial charge on any atom is 0.223 e. The zero-order valence-electron chi connectivity index (χ0n) is 17.0. The molecule has 0 spiro atoms. The third-order valence-electron chi connectivity index (χ3n) is 5.50. The number of aryl methyl sites for hydroxylation is 1. The molecule has 5 nitrogen and oxygen atoms in total. The Morgan fingerprint density at radius 1 is 1.00 bits per heavy atom. The van der Waals surface area contributed by atoms with Gasteiger partial charge in [0.1, 0.15) is 5.75 Å². The third-order valence-corrected chi connectivity index (χ3v) is 5.50. The topological polar surface area (TPSA) is 63.7 Å². The Bertz CT molecular complexity index is 883. The largest absolute Gasteiger partial charge is 0.496 e. The van der Waals surface area contributed by atoms with Crippen molar-refractivity contribution >= 4 is 17.5 Å². The van der Waals surface area contributed by atoms with Crippen LogP contribution in [0.15, 0.2) is 48.5 Å². The highest BCUT2D eigenvalue weighted by molar-refractivity contribution is 6.00. The van der Waals surface area contributed by atoms with Crippen LogP contribution in [0.3, 0.4) is 0 Å². The van der Waals surface area contributed by atoms with Crippen LogP contribution in [-0.2, 0) is 4.79 Å². The van der Waals surface area contributed by atoms with E-state index in [-0.39, 0.29) is 36.2 Å². The number of methoxy groups -OCH3 is 1. The summed E-state index contributed by atoms with van der Waals surface area (Å²) < 4.78 is 5.27. The number of hydrogen-bond donors (Lipinski definition) is 0. The van der Waals surface area contributed by atoms with Gasteiger partial charge in [0.25, 0.3) is 0 Å². The third kappa shape index (κ3) is 5.11. The van der Waals surface area contributed by atoms with E-state index in [2.05, 4.69) is 0 Å². The average Bonchev–Trinajstić information content (AvgIpc) is 2.77. The molecule has 2 aromatic carbocycles. The first-order chi connectivity index (χ1) is 14.0. The van der Waals surface area contributed by atoms with Gasteiger partial charge in [-0.15, -0.1) is 0 Å². The van der Waals surface area contributed by atoms with E-state index in [0.717, 1.165) is 11.1 Å². The molecule has 1 heterocycles. The van der Waals surface area contributed by atoms with Crippen molar-refractivity contribution in [3.63, 3.8) is 0 Å². The van der Waals surface area contributed by atoms with Gasteiger partial charge in [0.05, 0.1) is 12.7 Å². The Kier molecular flexibility index (Phi) is 6.81. The zero-order chi connectivity index (χ0) is 20.8. The van der Waals surface area contributed by atoms with Crippen LogP contribution >= 0.6 is 0 Å². The number of Topliss-reactive ketones (excluding diaryl/α,β-unsaturated/α-hetero) is 2. The molecule has 0 saturated carbocycles. The Hall–Kier alpha value is -2.95. The van der Waals surface area contributed by atoms with Crippen LogP contribution < -0.4 is 4.74 Å². The lowest BCUT2D eigenvalue weighted by Crippen LogP contribution is -2.40. The second kappa shape index (κ2) is 9.50. The van der Waals surface area contributed by atoms with Crippen LogP contribution in [0.2, 0.25) is 0 Å². The number of carbonyl (C=O) groups excluding carboxylic acids is 3. The molecule has 0 atom stereocenters. The quantitative estimate of drug-likeness (QED) is 0.665. The molecule has 2 aromatic rings. The van der Waals surface area contributed by atoms with Gasteiger partial charge in [-0.2, -0.15) is 0 Å². The summed E-state index contributed by atoms with van der Waals surface area (Å²) in [5.41, 5.74) is 2.23. The molecule has 1 amide bonds. The Morgan fingerprint density at radius 2 is 1.69 bits per heavy atom. The maximum atomic E-state index is 12.6. The van der Waals surface area contributed by atoms with Crippen LogP contribution in [0.25, 0.3) is 0 Å². The highest BCUT2D eigenvalue weighted by Crippen LogP contribution is 2.24. The molecule has 0 radical (unpaired) electrons. The van der Waals surface area contributed by atoms with Gasteiger partial charge in [0.2, 0.25) is 5.91 Å². The van der Waals surface area contributed by atoms with E-state index >= 15 is 0 Å². The highest BCUT2D eigenvalue weighted by atomic mass is 16.5. The van der Waals surface area contributed by atoms with Crippen LogP contribution in [0, 0.1) is 12.8 Å². The highest BCUT2D eigenvalue weighted by Gasteiger charge is 2.28. The van der Waals surface area contributed by atoms with Gasteiger partial charge in [0, 0.05) is 37.4 Å². The number of hydrogen-bond acceptors (Lipinski definition) is 4. The van der Waals surface area contributed by atoms with E-state index in [0.29, 0.717) is 37.2 Å². The van der Waals surface area contributed by atoms with Gasteiger partial charge >= 0.3 is 0 Å². The lowest BCUT2D eigenvalue weighted by Gasteiger charge is -2.31. The summed E-state index contributed by atoms with van der Waals surface area (Å²) >= 11 is 0. The number of likely N-dealkylation sites (tertiary alicyclic amines) is 1. The summed E-state index contributed by atoms with van der Waals surface area (Å²) in [5.74, 6) is 0.524. The second-order valence-electron chi connectivity index (χ2n) is 7.51. The number of carbonyl (C=O) groups is 3. The van der Waals surface area contributed by atoms with Gasteiger partial charge < -0.3 is 9.64 Å². The fourth-order valence-electron chi connectivity index (χ4n) is 3.78. The lowest BCUT2D eigenvalue weighted by molar-refractivity contribution is -0.132. The van der Waals surface area contributed by atoms with Crippen LogP contribution in [-0.4, -0.2) is 42.6 Å². The first-order valence-corrected chi connectivity index (χ1v) is 10.0. The average molecular weight is 393 g/mol. The SMILES string of the molecule is COc1ccc(C)cc1C(=O)CCC(=O)N1CCC(C(=O)c2ccccc2)CC1. The fraction of sp³-hybridized carbons (Fsp3) is 0.375. The standard InChI is InChI=1S/C24H27NO4/c1-17-8-10-22(29-2)20(16-17)21(26)9-11-23(27)25-14-12-19(13-15-25)24(28)18-6-4-3-5-7-18/h3-8,10,16,19H,9,11-15H2,1-2H3. The number of piperidine rings is 1. The molecule has 0 bridgehead atoms. The van der Waals surface area contributed by atoms with Gasteiger partial charge in [-0.05, 0) is 31.9 Å². The molecule has 1 aliphatic heterocycles. The molecule has 1 saturated heterocycles. The van der Waals surface area contributed by atoms with E-state index in [1.165, 1.54) is 7.11 Å². The van der Waals surface area contributed by atoms with Crippen molar-refractivity contribution in [2.45, 2.75) is 32.6 Å². The maximum absolute atomic E-state index is 12.6. The number of amides is 1. The Labute approximate surface area is 171 Å². The summed E-state index contributed by atoms with van der Waals surface area (Å²) in [4.78, 5) is 39.5. The van der Waals surface area contributed by atoms with Crippen LogP contribution in [0.5, 0.6) is 5.75 Å². The van der Waals surface area contributed by atoms with Gasteiger partial charge in [-0.3, -0.25) is 14.4 Å². The molecule has 0 aromatic heterocycles. The Balaban J connectivity index is 1.51. The minimum Gasteiger partial charge on any atom is -0.496 e. The van der Waals surface area contributed by atoms with E-state index in [1.807, 2.05) is 43.3 Å². The number of benzene rings is 2. The number of ketones is 2. The number of rotatable bonds is 7. The summed E-state index contributed by atoms with van der Waals surface area (Å²) in [6.07, 6.45) is 1.66. The van der Waals surface area contributed by atoms with Crippen molar-refractivity contribution in [3.05, 3.63) is 65.2 Å². The minimum absolute atomic E-state index is 0.0319. The van der Waals surface area contributed by atoms with E-state index < -0.39 is 0 Å². The van der Waals surface area contributed by atoms with Gasteiger partial charge in [0.15, 0.2) is 11.6 Å². The normalized spacial score (nSPS) is 14.5. The van der Waals surface area contributed by atoms with Crippen molar-refractivity contribution in [1.29, 1.82) is 0 Å². The predicted octanol–water partition coefficient (Wildman–Crippen LogP) is 4.09. The minimum atomic E-state index is -0.0898. The van der Waals surface area contributed by atoms with Gasteiger partial charge in [-0.25, -0.2) is 0 Å². The molecule has 1 aliphatic rings. The van der Waals surface area contributed by atoms with E-state index in [9.17, 15) is 14.4 Å². The van der Waals surface area contributed by atoms with E-state index in [1.54, 1.807) is 17.0 Å². The molecule has 0 aliphatic carbocycles. The van der Waals surface area contributed by atoms with Crippen LogP contribution in [0.4, 0.5) is 0 Å². The number of nitrogens with zero attached hydrogens (tertiary/aromatic N) is 1. The van der Waals surface area contributed by atoms with Crippen molar-refractivity contribution in [2.75, 3.05) is 20.2 Å². The van der Waals surface area contributed by atoms with Crippen LogP contribution in [0.1, 0.15) is 52.0 Å². The summed E-state index contributed by atoms with van der Waals surface area (Å²) in [6.45, 7) is 3.04. The smallest absolute Gasteiger partial charge is 0.223 e. The first-order valence-electron chi connectivity index (χ1n) is 10.0. The molecule has 1 fully saturated rings. The molecule has 0 unspecified atom stereocenters. The van der Waals surface area contributed by atoms with Crippen molar-refractivity contribution in [2.24, 2.45) is 5.92 Å². The first kappa shape index (κ1) is 20.8. The molecule has 3 rings (SSSR count). The summed E-state index contributed by atoms with van der Waals surface area (Å²) in [5, 5.41) is 0. The second-order valence-corrected chi connectivity index (χ2v) is 7.51. The summed E-state index contributed by atoms with van der Waals surface area (Å²) in [6, 6.07) is 14.8. The molecule has 5 heteroatoms. The van der Waals surface area contributed by atoms with Crippen molar-refractivity contribution in [3.8, 4) is 5.75 Å². The number of ether oxygens (including phenoxy) is 1. The molecule has 0 N–H and O–H groups in total. The summed E-state index contributed by atoms with van der Waals surface area (Å²) in [7, 11) is 1.54. The van der Waals surface area contributed by atoms with Gasteiger partial charge in [-0.1, -0.05) is 42.0 Å². The predicted molar refractivity (Wildman–Crippen MR) is 111 cm³/mol. The molecule has 152 valence electrons. The molecule has 29 heavy (non-hydrogen) atoms. The van der Waals surface area contributed by atoms with E-state index in [4.69, 9.17) is 4.74 Å².